The van der Waals surface area contributed by atoms with Crippen LogP contribution in [0, 0.1) is 5.82 Å². The van der Waals surface area contributed by atoms with Gasteiger partial charge in [-0.15, -0.1) is 10.2 Å². The van der Waals surface area contributed by atoms with E-state index in [1.807, 2.05) is 21.7 Å². The molecule has 1 saturated heterocycles. The fourth-order valence-corrected chi connectivity index (χ4v) is 3.94. The number of aryl methyl sites for hydroxylation is 1. The number of hydrogen-bond donors (Lipinski definition) is 0. The average Bonchev–Trinajstić information content (AvgIpc) is 3.40. The molecule has 2 aromatic heterocycles. The summed E-state index contributed by atoms with van der Waals surface area (Å²) < 4.78 is 18.8. The van der Waals surface area contributed by atoms with Gasteiger partial charge in [0.1, 0.15) is 5.82 Å². The summed E-state index contributed by atoms with van der Waals surface area (Å²) in [6, 6.07) is 8.35. The van der Waals surface area contributed by atoms with Crippen molar-refractivity contribution in [2.24, 2.45) is 0 Å². The number of carbonyl (C=O) groups excluding carboxylic acids is 1. The summed E-state index contributed by atoms with van der Waals surface area (Å²) >= 11 is 1.57. The fraction of sp³-hybridized carbons (Fsp3) is 0.316. The lowest BCUT2D eigenvalue weighted by atomic mass is 10.0. The van der Waals surface area contributed by atoms with Gasteiger partial charge >= 0.3 is 0 Å². The first-order chi connectivity index (χ1) is 12.7. The predicted octanol–water partition coefficient (Wildman–Crippen LogP) is 4.23. The second kappa shape index (κ2) is 7.37. The van der Waals surface area contributed by atoms with Crippen molar-refractivity contribution in [3.05, 3.63) is 58.4 Å². The van der Waals surface area contributed by atoms with Crippen LogP contribution in [0.5, 0.6) is 0 Å². The van der Waals surface area contributed by atoms with Gasteiger partial charge in [-0.3, -0.25) is 4.79 Å². The van der Waals surface area contributed by atoms with E-state index in [2.05, 4.69) is 10.2 Å². The van der Waals surface area contributed by atoms with Crippen molar-refractivity contribution < 1.29 is 13.6 Å². The van der Waals surface area contributed by atoms with Crippen LogP contribution in [0.2, 0.25) is 0 Å². The minimum Gasteiger partial charge on any atom is -0.421 e. The van der Waals surface area contributed by atoms with E-state index in [-0.39, 0.29) is 17.8 Å². The Morgan fingerprint density at radius 2 is 2.12 bits per heavy atom. The number of rotatable bonds is 5. The topological polar surface area (TPSA) is 59.2 Å². The minimum atomic E-state index is -0.262. The lowest BCUT2D eigenvalue weighted by Crippen LogP contribution is -2.30. The highest BCUT2D eigenvalue weighted by Crippen LogP contribution is 2.32. The van der Waals surface area contributed by atoms with Gasteiger partial charge in [0.2, 0.25) is 17.7 Å². The minimum absolute atomic E-state index is 0.0205. The number of halogens is 1. The van der Waals surface area contributed by atoms with Crippen LogP contribution < -0.4 is 0 Å². The van der Waals surface area contributed by atoms with Gasteiger partial charge < -0.3 is 9.32 Å². The van der Waals surface area contributed by atoms with Crippen LogP contribution in [0.4, 0.5) is 4.39 Å². The Morgan fingerprint density at radius 1 is 1.27 bits per heavy atom. The molecule has 134 valence electrons. The van der Waals surface area contributed by atoms with Crippen LogP contribution in [0.1, 0.15) is 36.8 Å². The average molecular weight is 371 g/mol. The third kappa shape index (κ3) is 3.53. The number of nitrogens with zero attached hydrogens (tertiary/aromatic N) is 3. The standard InChI is InChI=1S/C19H18FN3O2S/c20-15-5-3-13(4-6-15)16-2-1-10-23(16)18(24)8-7-17-21-22-19(25-17)14-9-11-26-12-14/h3-6,9,11-12,16H,1-2,7-8,10H2. The number of hydrogen-bond acceptors (Lipinski definition) is 5. The van der Waals surface area contributed by atoms with Crippen molar-refractivity contribution in [2.45, 2.75) is 31.7 Å². The molecule has 0 bridgehead atoms. The summed E-state index contributed by atoms with van der Waals surface area (Å²) in [4.78, 5) is 14.5. The number of carbonyl (C=O) groups is 1. The lowest BCUT2D eigenvalue weighted by Gasteiger charge is -2.25. The largest absolute Gasteiger partial charge is 0.421 e. The summed E-state index contributed by atoms with van der Waals surface area (Å²) in [5.41, 5.74) is 1.88. The highest BCUT2D eigenvalue weighted by Gasteiger charge is 2.29. The summed E-state index contributed by atoms with van der Waals surface area (Å²) in [6.45, 7) is 0.727. The number of benzene rings is 1. The van der Waals surface area contributed by atoms with Crippen molar-refractivity contribution in [3.8, 4) is 11.5 Å². The van der Waals surface area contributed by atoms with E-state index in [0.717, 1.165) is 30.5 Å². The smallest absolute Gasteiger partial charge is 0.248 e. The highest BCUT2D eigenvalue weighted by atomic mass is 32.1. The van der Waals surface area contributed by atoms with Gasteiger partial charge in [-0.05, 0) is 42.0 Å². The zero-order valence-electron chi connectivity index (χ0n) is 14.1. The molecule has 1 aliphatic rings. The maximum atomic E-state index is 13.1. The molecular formula is C19H18FN3O2S. The molecular weight excluding hydrogens is 353 g/mol. The molecule has 7 heteroatoms. The molecule has 5 nitrogen and oxygen atoms in total. The van der Waals surface area contributed by atoms with E-state index in [4.69, 9.17) is 4.42 Å². The van der Waals surface area contributed by atoms with Crippen molar-refractivity contribution in [2.75, 3.05) is 6.54 Å². The second-order valence-corrected chi connectivity index (χ2v) is 7.09. The van der Waals surface area contributed by atoms with Crippen LogP contribution in [0.3, 0.4) is 0 Å². The predicted molar refractivity (Wildman–Crippen MR) is 96.0 cm³/mol. The third-order valence-electron chi connectivity index (χ3n) is 4.62. The Hall–Kier alpha value is -2.54. The summed E-state index contributed by atoms with van der Waals surface area (Å²) in [5.74, 6) is 0.755. The summed E-state index contributed by atoms with van der Waals surface area (Å²) in [5, 5.41) is 12.0. The molecule has 1 atom stereocenters. The zero-order chi connectivity index (χ0) is 17.9. The lowest BCUT2D eigenvalue weighted by molar-refractivity contribution is -0.132. The van der Waals surface area contributed by atoms with E-state index < -0.39 is 0 Å². The van der Waals surface area contributed by atoms with Gasteiger partial charge in [-0.1, -0.05) is 12.1 Å². The SMILES string of the molecule is O=C(CCc1nnc(-c2ccsc2)o1)N1CCCC1c1ccc(F)cc1. The molecule has 0 saturated carbocycles. The van der Waals surface area contributed by atoms with E-state index in [1.165, 1.54) is 12.1 Å². The van der Waals surface area contributed by atoms with Gasteiger partial charge in [0.25, 0.3) is 0 Å². The van der Waals surface area contributed by atoms with Gasteiger partial charge in [0.15, 0.2) is 0 Å². The van der Waals surface area contributed by atoms with Crippen LogP contribution in [0.25, 0.3) is 11.5 Å². The normalized spacial score (nSPS) is 17.0. The molecule has 26 heavy (non-hydrogen) atoms. The second-order valence-electron chi connectivity index (χ2n) is 6.31. The van der Waals surface area contributed by atoms with Crippen molar-refractivity contribution in [1.29, 1.82) is 0 Å². The molecule has 3 aromatic rings. The first-order valence-electron chi connectivity index (χ1n) is 8.60. The van der Waals surface area contributed by atoms with Crippen molar-refractivity contribution >= 4 is 17.2 Å². The van der Waals surface area contributed by atoms with Crippen LogP contribution >= 0.6 is 11.3 Å². The first-order valence-corrected chi connectivity index (χ1v) is 9.55. The van der Waals surface area contributed by atoms with Crippen LogP contribution in [-0.2, 0) is 11.2 Å². The number of amides is 1. The zero-order valence-corrected chi connectivity index (χ0v) is 14.9. The maximum absolute atomic E-state index is 13.1. The number of aromatic nitrogens is 2. The van der Waals surface area contributed by atoms with Gasteiger partial charge in [0.05, 0.1) is 6.04 Å². The summed E-state index contributed by atoms with van der Waals surface area (Å²) in [6.07, 6.45) is 2.60. The quantitative estimate of drug-likeness (QED) is 0.673. The Morgan fingerprint density at radius 3 is 2.88 bits per heavy atom. The fourth-order valence-electron chi connectivity index (χ4n) is 3.31. The number of likely N-dealkylation sites (tertiary alicyclic amines) is 1. The molecule has 1 aromatic carbocycles. The molecule has 4 rings (SSSR count). The third-order valence-corrected chi connectivity index (χ3v) is 5.30. The van der Waals surface area contributed by atoms with E-state index in [1.54, 1.807) is 23.5 Å². The van der Waals surface area contributed by atoms with Crippen LogP contribution in [-0.4, -0.2) is 27.5 Å². The molecule has 0 aliphatic carbocycles. The van der Waals surface area contributed by atoms with E-state index in [0.29, 0.717) is 24.6 Å². The highest BCUT2D eigenvalue weighted by molar-refractivity contribution is 7.08. The summed E-state index contributed by atoms with van der Waals surface area (Å²) in [7, 11) is 0. The van der Waals surface area contributed by atoms with Gasteiger partial charge in [-0.25, -0.2) is 4.39 Å². The Bertz CT molecular complexity index is 877. The van der Waals surface area contributed by atoms with Crippen molar-refractivity contribution in [1.82, 2.24) is 15.1 Å². The Kier molecular flexibility index (Phi) is 4.79. The molecule has 0 radical (unpaired) electrons. The van der Waals surface area contributed by atoms with Gasteiger partial charge in [0, 0.05) is 30.3 Å². The molecule has 1 aliphatic heterocycles. The maximum Gasteiger partial charge on any atom is 0.248 e. The number of thiophene rings is 1. The molecule has 1 amide bonds. The molecule has 3 heterocycles. The van der Waals surface area contributed by atoms with E-state index in [9.17, 15) is 9.18 Å². The van der Waals surface area contributed by atoms with Crippen molar-refractivity contribution in [3.63, 3.8) is 0 Å². The molecule has 1 fully saturated rings. The Labute approximate surface area is 154 Å². The van der Waals surface area contributed by atoms with Crippen LogP contribution in [0.15, 0.2) is 45.5 Å². The molecule has 1 unspecified atom stereocenters. The molecule has 0 N–H and O–H groups in total. The Balaban J connectivity index is 1.39. The first kappa shape index (κ1) is 16.9. The van der Waals surface area contributed by atoms with E-state index >= 15 is 0 Å². The monoisotopic (exact) mass is 371 g/mol. The van der Waals surface area contributed by atoms with Gasteiger partial charge in [-0.2, -0.15) is 11.3 Å². The molecule has 0 spiro atoms.